The van der Waals surface area contributed by atoms with Crippen LogP contribution in [-0.4, -0.2) is 198 Å². The number of ether oxygens (including phenoxy) is 1. The van der Waals surface area contributed by atoms with Gasteiger partial charge >= 0.3 is 59.0 Å². The third-order valence-corrected chi connectivity index (χ3v) is 27.1. The van der Waals surface area contributed by atoms with Crippen molar-refractivity contribution in [2.75, 3.05) is 30.4 Å². The number of ketones is 1. The maximum absolute atomic E-state index is 13.5. The lowest BCUT2D eigenvalue weighted by Crippen LogP contribution is -2.51. The Kier molecular flexibility index (Phi) is 44.3. The number of carboxylic acids is 5. The van der Waals surface area contributed by atoms with E-state index in [0.717, 1.165) is 53.7 Å². The third kappa shape index (κ3) is 39.3. The molecule has 44 heteroatoms. The van der Waals surface area contributed by atoms with E-state index >= 15 is 0 Å². The van der Waals surface area contributed by atoms with Crippen LogP contribution >= 0.6 is 45.1 Å². The highest BCUT2D eigenvalue weighted by Crippen LogP contribution is 2.66. The number of aliphatic hydroxyl groups excluding tert-OH is 1. The van der Waals surface area contributed by atoms with Gasteiger partial charge in [0, 0.05) is 49.3 Å². The van der Waals surface area contributed by atoms with E-state index in [0.29, 0.717) is 32.1 Å². The van der Waals surface area contributed by atoms with Crippen molar-refractivity contribution in [3.8, 4) is 11.8 Å². The number of unbranched alkanes of at least 4 members (excludes halogenated alkanes) is 3. The number of phosphoric acid groups is 3. The number of carbonyl (C=O) groups excluding carboxylic acids is 7. The maximum atomic E-state index is 13.5. The Hall–Kier alpha value is -6.89. The molecule has 0 radical (unpaired) electrons. The number of phosphoric ester groups is 1. The fraction of sp³-hybridized carbons (Fsp3) is 0.750. The lowest BCUT2D eigenvalue weighted by molar-refractivity contribution is -0.148. The summed E-state index contributed by atoms with van der Waals surface area (Å²) in [6.45, 7) is -1.21. The van der Waals surface area contributed by atoms with Gasteiger partial charge in [0.05, 0.1) is 56.5 Å². The molecular formula is C72H114N9O30P3S2. The fourth-order valence-electron chi connectivity index (χ4n) is 14.9. The smallest absolute Gasteiger partial charge is 0.481 e. The average Bonchev–Trinajstić information content (AvgIpc) is 1.63. The normalized spacial score (nSPS) is 20.8. The zero-order valence-electron chi connectivity index (χ0n) is 64.8. The number of rotatable bonds is 43. The lowest BCUT2D eigenvalue weighted by Gasteiger charge is -2.32. The minimum absolute atomic E-state index is 0.000351. The van der Waals surface area contributed by atoms with Crippen molar-refractivity contribution in [3.05, 3.63) is 22.2 Å². The van der Waals surface area contributed by atoms with E-state index in [9.17, 15) is 106 Å². The van der Waals surface area contributed by atoms with Gasteiger partial charge in [-0.25, -0.2) is 37.7 Å². The molecule has 7 rings (SSSR count). The SMILES string of the molecule is C1CCC(C2CCCCC2)CC1.C1CCC(C2CCCCC2)CC1.Nc1nc(=O)n(C2CC(O)C(COP(=O)(O)OP(=O)(O)OP(=O)(O)O)O2)cc1C#CCNC(=O)CCSSCC(NC(=O)C1CCCCC1)C(=O)CCCCCCC(=O)NC(CC(=O)NC(CC(=O)NC(CC(=O)NC(CC(=O)O)C(=O)O)C(=O)O)C(=O)O)C(=O)O. The van der Waals surface area contributed by atoms with Gasteiger partial charge in [-0.05, 0) is 49.4 Å². The maximum Gasteiger partial charge on any atom is 0.490 e. The van der Waals surface area contributed by atoms with Crippen molar-refractivity contribution < 1.29 is 139 Å². The quantitative estimate of drug-likeness (QED) is 0.0149. The van der Waals surface area contributed by atoms with E-state index in [4.69, 9.17) is 30.5 Å². The Labute approximate surface area is 679 Å². The van der Waals surface area contributed by atoms with Gasteiger partial charge in [0.15, 0.2) is 5.78 Å². The van der Waals surface area contributed by atoms with Crippen molar-refractivity contribution in [2.45, 2.75) is 286 Å². The third-order valence-electron chi connectivity index (χ3n) is 20.9. The molecule has 116 heavy (non-hydrogen) atoms. The number of amides is 6. The summed E-state index contributed by atoms with van der Waals surface area (Å²) in [5.74, 6) is -4.73. The first-order valence-electron chi connectivity index (χ1n) is 39.5. The highest BCUT2D eigenvalue weighted by Gasteiger charge is 2.44. The summed E-state index contributed by atoms with van der Waals surface area (Å²) in [7, 11) is -14.5. The number of aromatic nitrogens is 2. The molecule has 39 nitrogen and oxygen atoms in total. The number of nitrogens with two attached hydrogens (primary N) is 1. The zero-order chi connectivity index (χ0) is 85.5. The average molecular weight is 1740 g/mol. The number of nitrogens with one attached hydrogen (secondary N) is 6. The van der Waals surface area contributed by atoms with E-state index in [-0.39, 0.29) is 79.1 Å². The molecule has 1 aromatic heterocycles. The molecule has 6 amide bonds. The number of nitrogens with zero attached hydrogens (tertiary/aromatic N) is 2. The number of carboxylic acid groups (broad SMARTS) is 5. The number of nitrogen functional groups attached to an aromatic ring is 1. The minimum Gasteiger partial charge on any atom is -0.481 e. The highest BCUT2D eigenvalue weighted by molar-refractivity contribution is 8.76. The molecular weight excluding hydrogens is 1630 g/mol. The first-order valence-corrected chi connectivity index (χ1v) is 46.5. The summed E-state index contributed by atoms with van der Waals surface area (Å²) in [6, 6.07) is -8.89. The van der Waals surface area contributed by atoms with Gasteiger partial charge in [-0.2, -0.15) is 13.6 Å². The van der Waals surface area contributed by atoms with Crippen LogP contribution in [0, 0.1) is 41.4 Å². The summed E-state index contributed by atoms with van der Waals surface area (Å²) in [6.07, 6.45) is 28.1. The molecule has 0 spiro atoms. The summed E-state index contributed by atoms with van der Waals surface area (Å²) < 4.78 is 52.8. The second-order valence-electron chi connectivity index (χ2n) is 29.9. The zero-order valence-corrected chi connectivity index (χ0v) is 69.2. The van der Waals surface area contributed by atoms with Crippen molar-refractivity contribution >= 4 is 122 Å². The van der Waals surface area contributed by atoms with Gasteiger partial charge in [0.25, 0.3) is 0 Å². The molecule has 18 N–H and O–H groups in total. The van der Waals surface area contributed by atoms with Crippen LogP contribution in [0.15, 0.2) is 11.0 Å². The Morgan fingerprint density at radius 3 is 1.41 bits per heavy atom. The van der Waals surface area contributed by atoms with Crippen molar-refractivity contribution in [1.82, 2.24) is 41.5 Å². The molecule has 10 atom stereocenters. The Balaban J connectivity index is 0.000000833. The largest absolute Gasteiger partial charge is 0.490 e. The van der Waals surface area contributed by atoms with Gasteiger partial charge in [-0.3, -0.25) is 47.4 Å². The monoisotopic (exact) mass is 1740 g/mol. The molecule has 5 aliphatic carbocycles. The van der Waals surface area contributed by atoms with Crippen LogP contribution in [0.25, 0.3) is 0 Å². The molecule has 1 aliphatic heterocycles. The van der Waals surface area contributed by atoms with Crippen LogP contribution in [0.4, 0.5) is 5.82 Å². The number of hydrogen-bond donors (Lipinski definition) is 17. The fourth-order valence-corrected chi connectivity index (χ4v) is 20.2. The molecule has 5 saturated carbocycles. The Bertz CT molecular complexity index is 3660. The molecule has 10 unspecified atom stereocenters. The number of carbonyl (C=O) groups is 12. The van der Waals surface area contributed by atoms with E-state index in [2.05, 4.69) is 45.9 Å². The molecule has 1 aromatic rings. The number of anilines is 1. The first-order chi connectivity index (χ1) is 54.9. The highest BCUT2D eigenvalue weighted by atomic mass is 33.1. The molecule has 2 heterocycles. The minimum atomic E-state index is -5.83. The summed E-state index contributed by atoms with van der Waals surface area (Å²) in [4.78, 5) is 200. The van der Waals surface area contributed by atoms with Crippen molar-refractivity contribution in [1.29, 1.82) is 0 Å². The van der Waals surface area contributed by atoms with E-state index in [1.165, 1.54) is 98.6 Å². The van der Waals surface area contributed by atoms with Crippen LogP contribution in [0.5, 0.6) is 0 Å². The van der Waals surface area contributed by atoms with Crippen molar-refractivity contribution in [2.24, 2.45) is 29.6 Å². The summed E-state index contributed by atoms with van der Waals surface area (Å²) >= 11 is 0. The molecule has 6 fully saturated rings. The lowest BCUT2D eigenvalue weighted by atomic mass is 9.73. The second kappa shape index (κ2) is 51.6. The number of hydrogen-bond acceptors (Lipinski definition) is 25. The standard InChI is InChI=1S/C48H70N9O30P3S2.2C12H22/c49-42-26(22-57(48(76)56-42)40-21-33(59)34(85-40)23-84-89(80,81)87-90(82,83)86-88(77,78)79)11-8-15-50-35(60)14-16-91-92-24-31(55-43(67)25-9-4-3-5-10-25)32(58)12-6-1-2-7-13-36(61)51-27(44(68)69)17-37(62)52-28(45(70)71)18-38(63)53-29(46(72)73)19-39(64)54-30(47(74)75)20-41(65)66;2*1-3-7-11(8-4-1)12-9-5-2-6-10-12/h22,25,27-31,33-34,40,59H,1-7,9-10,12-21,23-24H2,(H,50,60)(H,51,61)(H,52,62)(H,53,63)(H,54,64)(H,55,67)(H,65,66)(H,68,69)(H,70,71)(H,72,73)(H,74,75)(H,80,81)(H,82,83)(H2,49,56,76)(H2,77,78,79);2*11-12H,1-10H2. The predicted octanol–water partition coefficient (Wildman–Crippen LogP) is 6.25. The number of Topliss-reactive ketones (excluding diaryl/α,β-unsaturated/α-hetero) is 1. The van der Waals surface area contributed by atoms with Crippen molar-refractivity contribution in [3.63, 3.8) is 0 Å². The van der Waals surface area contributed by atoms with Gasteiger partial charge in [0.2, 0.25) is 35.4 Å². The van der Waals surface area contributed by atoms with Crippen LogP contribution in [0.3, 0.4) is 0 Å². The summed E-state index contributed by atoms with van der Waals surface area (Å²) in [5, 5.41) is 70.2. The van der Waals surface area contributed by atoms with Crippen LogP contribution in [-0.2, 0) is 89.1 Å². The number of aliphatic hydroxyl groups is 1. The molecule has 1 saturated heterocycles. The van der Waals surface area contributed by atoms with E-state index in [1.807, 2.05) is 10.6 Å². The molecule has 654 valence electrons. The van der Waals surface area contributed by atoms with E-state index < -0.39 is 169 Å². The number of aliphatic carboxylic acids is 5. The van der Waals surface area contributed by atoms with Crippen LogP contribution in [0.1, 0.15) is 249 Å². The second-order valence-corrected chi connectivity index (χ2v) is 36.9. The topological polar surface area (TPSA) is 628 Å². The summed E-state index contributed by atoms with van der Waals surface area (Å²) in [5.41, 5.74) is 4.88. The van der Waals surface area contributed by atoms with Crippen LogP contribution < -0.4 is 43.3 Å². The molecule has 6 aliphatic rings. The molecule has 0 bridgehead atoms. The van der Waals surface area contributed by atoms with Gasteiger partial charge in [-0.1, -0.05) is 194 Å². The van der Waals surface area contributed by atoms with Gasteiger partial charge < -0.3 is 92.6 Å². The Morgan fingerprint density at radius 2 is 0.966 bits per heavy atom. The van der Waals surface area contributed by atoms with Gasteiger partial charge in [-0.15, -0.1) is 0 Å². The Morgan fingerprint density at radius 1 is 0.534 bits per heavy atom. The van der Waals surface area contributed by atoms with E-state index in [1.54, 1.807) is 56.7 Å². The van der Waals surface area contributed by atoms with Gasteiger partial charge in [0.1, 0.15) is 42.3 Å². The molecule has 0 aromatic carbocycles. The predicted molar refractivity (Wildman–Crippen MR) is 419 cm³/mol. The van der Waals surface area contributed by atoms with Crippen LogP contribution in [0.2, 0.25) is 0 Å². The first kappa shape index (κ1) is 99.7.